The lowest BCUT2D eigenvalue weighted by Gasteiger charge is -2.12. The summed E-state index contributed by atoms with van der Waals surface area (Å²) in [5, 5.41) is 13.8. The van der Waals surface area contributed by atoms with Gasteiger partial charge in [-0.25, -0.2) is 4.39 Å². The van der Waals surface area contributed by atoms with E-state index in [9.17, 15) is 14.5 Å². The molecule has 0 fully saturated rings. The van der Waals surface area contributed by atoms with E-state index in [2.05, 4.69) is 5.32 Å². The molecular formula is C15H15FN2O3. The first kappa shape index (κ1) is 14.9. The lowest BCUT2D eigenvalue weighted by atomic mass is 10.1. The molecule has 110 valence electrons. The zero-order valence-corrected chi connectivity index (χ0v) is 11.5. The monoisotopic (exact) mass is 290 g/mol. The number of benzene rings is 2. The SMILES string of the molecule is COCCc1ccccc1Nc1cc(F)cc([N+](=O)[O-])c1. The highest BCUT2D eigenvalue weighted by Crippen LogP contribution is 2.25. The van der Waals surface area contributed by atoms with Crippen LogP contribution in [0, 0.1) is 15.9 Å². The molecular weight excluding hydrogens is 275 g/mol. The number of nitrogens with zero attached hydrogens (tertiary/aromatic N) is 1. The maximum absolute atomic E-state index is 13.4. The second-order valence-electron chi connectivity index (χ2n) is 4.48. The van der Waals surface area contributed by atoms with Crippen LogP contribution >= 0.6 is 0 Å². The molecule has 0 aliphatic rings. The summed E-state index contributed by atoms with van der Waals surface area (Å²) in [5.41, 5.74) is 1.82. The molecule has 5 nitrogen and oxygen atoms in total. The van der Waals surface area contributed by atoms with E-state index in [1.54, 1.807) is 7.11 Å². The van der Waals surface area contributed by atoms with Crippen molar-refractivity contribution in [1.29, 1.82) is 0 Å². The molecule has 0 amide bonds. The lowest BCUT2D eigenvalue weighted by Crippen LogP contribution is -2.01. The van der Waals surface area contributed by atoms with E-state index in [1.807, 2.05) is 24.3 Å². The molecule has 2 aromatic rings. The summed E-state index contributed by atoms with van der Waals surface area (Å²) >= 11 is 0. The molecule has 2 aromatic carbocycles. The Balaban J connectivity index is 2.27. The summed E-state index contributed by atoms with van der Waals surface area (Å²) in [6.45, 7) is 0.558. The topological polar surface area (TPSA) is 64.4 Å². The summed E-state index contributed by atoms with van der Waals surface area (Å²) in [6, 6.07) is 10.9. The number of para-hydroxylation sites is 1. The molecule has 0 spiro atoms. The van der Waals surface area contributed by atoms with Crippen LogP contribution in [-0.4, -0.2) is 18.6 Å². The number of nitro groups is 1. The number of hydrogen-bond donors (Lipinski definition) is 1. The third-order valence-electron chi connectivity index (χ3n) is 2.97. The normalized spacial score (nSPS) is 10.4. The molecule has 1 N–H and O–H groups in total. The Kier molecular flexibility index (Phi) is 4.84. The van der Waals surface area contributed by atoms with E-state index in [-0.39, 0.29) is 5.69 Å². The molecule has 0 unspecified atom stereocenters. The maximum atomic E-state index is 13.4. The Labute approximate surface area is 121 Å². The van der Waals surface area contributed by atoms with E-state index in [4.69, 9.17) is 4.74 Å². The number of rotatable bonds is 6. The van der Waals surface area contributed by atoms with Gasteiger partial charge in [-0.1, -0.05) is 18.2 Å². The molecule has 0 bridgehead atoms. The van der Waals surface area contributed by atoms with E-state index >= 15 is 0 Å². The number of hydrogen-bond acceptors (Lipinski definition) is 4. The number of nitrogens with one attached hydrogen (secondary N) is 1. The Morgan fingerprint density at radius 1 is 1.29 bits per heavy atom. The summed E-state index contributed by atoms with van der Waals surface area (Å²) < 4.78 is 18.5. The first-order valence-electron chi connectivity index (χ1n) is 6.39. The van der Waals surface area contributed by atoms with Crippen molar-refractivity contribution in [2.45, 2.75) is 6.42 Å². The van der Waals surface area contributed by atoms with Gasteiger partial charge in [0, 0.05) is 24.6 Å². The van der Waals surface area contributed by atoms with Crippen molar-refractivity contribution in [2.24, 2.45) is 0 Å². The maximum Gasteiger partial charge on any atom is 0.274 e. The van der Waals surface area contributed by atoms with Crippen molar-refractivity contribution in [1.82, 2.24) is 0 Å². The van der Waals surface area contributed by atoms with Gasteiger partial charge in [0.1, 0.15) is 5.82 Å². The average Bonchev–Trinajstić information content (AvgIpc) is 2.45. The summed E-state index contributed by atoms with van der Waals surface area (Å²) in [6.07, 6.45) is 0.692. The number of nitro benzene ring substituents is 1. The van der Waals surface area contributed by atoms with Crippen LogP contribution in [0.1, 0.15) is 5.56 Å². The third kappa shape index (κ3) is 4.00. The largest absolute Gasteiger partial charge is 0.384 e. The van der Waals surface area contributed by atoms with Crippen LogP contribution in [0.2, 0.25) is 0 Å². The van der Waals surface area contributed by atoms with Gasteiger partial charge in [0.2, 0.25) is 0 Å². The van der Waals surface area contributed by atoms with Gasteiger partial charge in [-0.05, 0) is 24.1 Å². The first-order chi connectivity index (χ1) is 10.1. The molecule has 0 aliphatic heterocycles. The highest BCUT2D eigenvalue weighted by atomic mass is 19.1. The molecule has 0 aliphatic carbocycles. The van der Waals surface area contributed by atoms with E-state index < -0.39 is 10.7 Å². The molecule has 21 heavy (non-hydrogen) atoms. The van der Waals surface area contributed by atoms with Gasteiger partial charge in [-0.3, -0.25) is 10.1 Å². The van der Waals surface area contributed by atoms with Crippen molar-refractivity contribution in [2.75, 3.05) is 19.0 Å². The van der Waals surface area contributed by atoms with Crippen LogP contribution in [0.5, 0.6) is 0 Å². The van der Waals surface area contributed by atoms with E-state index in [0.717, 1.165) is 17.3 Å². The Morgan fingerprint density at radius 3 is 2.76 bits per heavy atom. The fraction of sp³-hybridized carbons (Fsp3) is 0.200. The minimum atomic E-state index is -0.652. The lowest BCUT2D eigenvalue weighted by molar-refractivity contribution is -0.385. The molecule has 0 saturated heterocycles. The molecule has 0 saturated carbocycles. The van der Waals surface area contributed by atoms with Gasteiger partial charge >= 0.3 is 0 Å². The predicted molar refractivity (Wildman–Crippen MR) is 78.4 cm³/mol. The highest BCUT2D eigenvalue weighted by molar-refractivity contribution is 5.65. The smallest absolute Gasteiger partial charge is 0.274 e. The van der Waals surface area contributed by atoms with Gasteiger partial charge in [0.15, 0.2) is 0 Å². The summed E-state index contributed by atoms with van der Waals surface area (Å²) in [5.74, 6) is -0.652. The fourth-order valence-electron chi connectivity index (χ4n) is 1.98. The van der Waals surface area contributed by atoms with Crippen LogP contribution in [-0.2, 0) is 11.2 Å². The second kappa shape index (κ2) is 6.81. The number of halogens is 1. The number of methoxy groups -OCH3 is 1. The van der Waals surface area contributed by atoms with Gasteiger partial charge in [0.25, 0.3) is 5.69 Å². The van der Waals surface area contributed by atoms with Crippen molar-refractivity contribution in [3.63, 3.8) is 0 Å². The van der Waals surface area contributed by atoms with Crippen molar-refractivity contribution < 1.29 is 14.1 Å². The second-order valence-corrected chi connectivity index (χ2v) is 4.48. The van der Waals surface area contributed by atoms with Gasteiger partial charge in [-0.2, -0.15) is 0 Å². The Bertz CT molecular complexity index is 647. The molecule has 0 aromatic heterocycles. The van der Waals surface area contributed by atoms with Crippen LogP contribution in [0.4, 0.5) is 21.5 Å². The molecule has 0 atom stereocenters. The van der Waals surface area contributed by atoms with Gasteiger partial charge < -0.3 is 10.1 Å². The number of ether oxygens (including phenoxy) is 1. The summed E-state index contributed by atoms with van der Waals surface area (Å²) in [7, 11) is 1.62. The van der Waals surface area contributed by atoms with Crippen LogP contribution in [0.3, 0.4) is 0 Å². The fourth-order valence-corrected chi connectivity index (χ4v) is 1.98. The van der Waals surface area contributed by atoms with Crippen molar-refractivity contribution >= 4 is 17.1 Å². The quantitative estimate of drug-likeness (QED) is 0.651. The minimum absolute atomic E-state index is 0.285. The van der Waals surface area contributed by atoms with Crippen LogP contribution in [0.25, 0.3) is 0 Å². The van der Waals surface area contributed by atoms with Gasteiger partial charge in [-0.15, -0.1) is 0 Å². The van der Waals surface area contributed by atoms with Gasteiger partial charge in [0.05, 0.1) is 17.6 Å². The Hall–Kier alpha value is -2.47. The minimum Gasteiger partial charge on any atom is -0.384 e. The van der Waals surface area contributed by atoms with E-state index in [0.29, 0.717) is 18.7 Å². The molecule has 0 heterocycles. The molecule has 6 heteroatoms. The van der Waals surface area contributed by atoms with Crippen LogP contribution in [0.15, 0.2) is 42.5 Å². The zero-order valence-electron chi connectivity index (χ0n) is 11.5. The zero-order chi connectivity index (χ0) is 15.2. The first-order valence-corrected chi connectivity index (χ1v) is 6.39. The standard InChI is InChI=1S/C15H15FN2O3/c1-21-7-6-11-4-2-3-5-15(11)17-13-8-12(16)9-14(10-13)18(19)20/h2-5,8-10,17H,6-7H2,1H3. The van der Waals surface area contributed by atoms with Crippen molar-refractivity contribution in [3.8, 4) is 0 Å². The molecule has 0 radical (unpaired) electrons. The number of non-ortho nitro benzene ring substituents is 1. The number of anilines is 2. The summed E-state index contributed by atoms with van der Waals surface area (Å²) in [4.78, 5) is 10.1. The van der Waals surface area contributed by atoms with Crippen molar-refractivity contribution in [3.05, 3.63) is 64.0 Å². The molecule has 2 rings (SSSR count). The highest BCUT2D eigenvalue weighted by Gasteiger charge is 2.11. The van der Waals surface area contributed by atoms with E-state index in [1.165, 1.54) is 12.1 Å². The predicted octanol–water partition coefficient (Wildman–Crippen LogP) is 3.67. The Morgan fingerprint density at radius 2 is 2.05 bits per heavy atom. The van der Waals surface area contributed by atoms with Crippen LogP contribution < -0.4 is 5.32 Å². The third-order valence-corrected chi connectivity index (χ3v) is 2.97. The average molecular weight is 290 g/mol.